The van der Waals surface area contributed by atoms with Crippen LogP contribution in [0.15, 0.2) is 72.8 Å². The predicted octanol–water partition coefficient (Wildman–Crippen LogP) is 5.92. The summed E-state index contributed by atoms with van der Waals surface area (Å²) in [6.07, 6.45) is 0. The Kier molecular flexibility index (Phi) is 4.56. The fourth-order valence-corrected chi connectivity index (χ4v) is 11.1. The van der Waals surface area contributed by atoms with E-state index in [-0.39, 0.29) is 5.04 Å². The minimum atomic E-state index is -0.967. The Bertz CT molecular complexity index is 1250. The third-order valence-corrected chi connectivity index (χ3v) is 11.5. The summed E-state index contributed by atoms with van der Waals surface area (Å²) in [4.78, 5) is 1.67. The SMILES string of the molecule is Cc1cccc(C)c1N1[Si]/C1=[Si](\c1c2ccccc2cc2ccccc12)C(C)(C)C. The van der Waals surface area contributed by atoms with Gasteiger partial charge < -0.3 is 4.57 Å². The molecule has 1 fully saturated rings. The predicted molar refractivity (Wildman–Crippen MR) is 136 cm³/mol. The summed E-state index contributed by atoms with van der Waals surface area (Å²) in [6, 6.07) is 27.0. The summed E-state index contributed by atoms with van der Waals surface area (Å²) in [5.41, 5.74) is 4.20. The van der Waals surface area contributed by atoms with Crippen molar-refractivity contribution in [2.75, 3.05) is 4.57 Å². The average molecular weight is 422 g/mol. The molecule has 0 atom stereocenters. The number of aryl methyl sites for hydroxylation is 2. The second-order valence-electron chi connectivity index (χ2n) is 9.36. The van der Waals surface area contributed by atoms with Crippen LogP contribution in [-0.4, -0.2) is 23.0 Å². The maximum Gasteiger partial charge on any atom is 0.238 e. The zero-order valence-corrected chi connectivity index (χ0v) is 20.4. The van der Waals surface area contributed by atoms with Crippen LogP contribution in [0.4, 0.5) is 5.69 Å². The Balaban J connectivity index is 1.84. The van der Waals surface area contributed by atoms with Crippen LogP contribution in [0.3, 0.4) is 0 Å². The van der Waals surface area contributed by atoms with Crippen LogP contribution >= 0.6 is 0 Å². The van der Waals surface area contributed by atoms with Crippen molar-refractivity contribution in [2.24, 2.45) is 0 Å². The Labute approximate surface area is 183 Å². The molecule has 1 saturated heterocycles. The fraction of sp³-hybridized carbons (Fsp3) is 0.222. The van der Waals surface area contributed by atoms with E-state index < -0.39 is 8.41 Å². The number of hydrogen-bond donors (Lipinski definition) is 0. The topological polar surface area (TPSA) is 3.01 Å². The second kappa shape index (κ2) is 7.03. The summed E-state index contributed by atoms with van der Waals surface area (Å²) < 4.78 is 2.63. The number of rotatable bonds is 2. The largest absolute Gasteiger partial charge is 0.372 e. The molecule has 0 spiro atoms. The van der Waals surface area contributed by atoms with Crippen LogP contribution in [0.25, 0.3) is 21.5 Å². The number of benzene rings is 4. The smallest absolute Gasteiger partial charge is 0.238 e. The number of para-hydroxylation sites is 1. The van der Waals surface area contributed by atoms with Gasteiger partial charge in [-0.25, -0.2) is 0 Å². The van der Waals surface area contributed by atoms with E-state index in [4.69, 9.17) is 0 Å². The van der Waals surface area contributed by atoms with Gasteiger partial charge in [-0.3, -0.25) is 0 Å². The monoisotopic (exact) mass is 421 g/mol. The molecule has 0 unspecified atom stereocenters. The molecule has 3 heteroatoms. The van der Waals surface area contributed by atoms with Gasteiger partial charge in [-0.2, -0.15) is 0 Å². The van der Waals surface area contributed by atoms with Gasteiger partial charge in [0, 0.05) is 5.69 Å². The first-order valence-electron chi connectivity index (χ1n) is 10.6. The molecule has 1 nitrogen and oxygen atoms in total. The number of anilines is 1. The molecule has 0 amide bonds. The molecule has 4 aromatic carbocycles. The zero-order chi connectivity index (χ0) is 21.0. The van der Waals surface area contributed by atoms with Gasteiger partial charge in [0.05, 0.1) is 8.41 Å². The molecule has 1 aliphatic heterocycles. The van der Waals surface area contributed by atoms with Crippen LogP contribution in [0.1, 0.15) is 31.9 Å². The molecule has 1 aliphatic rings. The lowest BCUT2D eigenvalue weighted by molar-refractivity contribution is 0.756. The molecule has 0 bridgehead atoms. The zero-order valence-electron chi connectivity index (χ0n) is 18.4. The molecule has 4 aromatic rings. The highest BCUT2D eigenvalue weighted by Crippen LogP contribution is 2.35. The summed E-state index contributed by atoms with van der Waals surface area (Å²) in [5, 5.41) is 7.42. The first kappa shape index (κ1) is 19.5. The normalized spacial score (nSPS) is 15.7. The molecular weight excluding hydrogens is 394 g/mol. The van der Waals surface area contributed by atoms with E-state index in [9.17, 15) is 0 Å². The third-order valence-electron chi connectivity index (χ3n) is 6.06. The van der Waals surface area contributed by atoms with Gasteiger partial charge >= 0.3 is 0 Å². The van der Waals surface area contributed by atoms with Crippen molar-refractivity contribution >= 4 is 55.4 Å². The second-order valence-corrected chi connectivity index (χ2v) is 14.2. The van der Waals surface area contributed by atoms with Crippen molar-refractivity contribution in [3.63, 3.8) is 0 Å². The molecule has 5 rings (SSSR count). The van der Waals surface area contributed by atoms with Crippen LogP contribution in [0.2, 0.25) is 5.04 Å². The Morgan fingerprint density at radius 1 is 0.733 bits per heavy atom. The van der Waals surface area contributed by atoms with E-state index in [1.165, 1.54) is 38.4 Å². The lowest BCUT2D eigenvalue weighted by Crippen LogP contribution is -2.36. The molecular formula is C27H27NSi2. The van der Waals surface area contributed by atoms with E-state index >= 15 is 0 Å². The van der Waals surface area contributed by atoms with Crippen LogP contribution in [0, 0.1) is 13.8 Å². The van der Waals surface area contributed by atoms with Crippen LogP contribution in [0.5, 0.6) is 0 Å². The maximum absolute atomic E-state index is 2.63. The van der Waals surface area contributed by atoms with Crippen molar-refractivity contribution in [3.05, 3.63) is 83.9 Å². The summed E-state index contributed by atoms with van der Waals surface area (Å²) in [6.45, 7) is 11.8. The van der Waals surface area contributed by atoms with Crippen molar-refractivity contribution in [1.29, 1.82) is 0 Å². The Hall–Kier alpha value is -2.50. The molecule has 2 radical (unpaired) electrons. The lowest BCUT2D eigenvalue weighted by atomic mass is 10.0. The molecule has 148 valence electrons. The van der Waals surface area contributed by atoms with E-state index in [1.807, 2.05) is 0 Å². The highest BCUT2D eigenvalue weighted by Gasteiger charge is 2.39. The molecule has 0 saturated carbocycles. The van der Waals surface area contributed by atoms with Gasteiger partial charge in [0.25, 0.3) is 0 Å². The average Bonchev–Trinajstić information content (AvgIpc) is 3.46. The number of fused-ring (bicyclic) bond motifs is 2. The minimum absolute atomic E-state index is 0.227. The third kappa shape index (κ3) is 3.17. The summed E-state index contributed by atoms with van der Waals surface area (Å²) in [5.74, 6) is 0. The van der Waals surface area contributed by atoms with Gasteiger partial charge in [-0.05, 0) is 67.7 Å². The van der Waals surface area contributed by atoms with Crippen molar-refractivity contribution < 1.29 is 0 Å². The van der Waals surface area contributed by atoms with Crippen LogP contribution in [-0.2, 0) is 0 Å². The molecule has 0 aromatic heterocycles. The van der Waals surface area contributed by atoms with E-state index in [0.29, 0.717) is 0 Å². The summed E-state index contributed by atoms with van der Waals surface area (Å²) in [7, 11) is -0.164. The van der Waals surface area contributed by atoms with Gasteiger partial charge in [0.1, 0.15) is 0 Å². The first-order valence-corrected chi connectivity index (χ1v) is 13.1. The van der Waals surface area contributed by atoms with Crippen molar-refractivity contribution in [2.45, 2.75) is 39.7 Å². The summed E-state index contributed by atoms with van der Waals surface area (Å²) >= 11 is 0. The van der Waals surface area contributed by atoms with Crippen molar-refractivity contribution in [3.8, 4) is 0 Å². The standard InChI is InChI=1S/C27H27NSi2/c1-18-11-10-12-19(2)24(18)28-26(29-28)30(27(3,4)5)25-22-15-8-6-13-20(22)17-21-14-7-9-16-23(21)25/h6-17H,1-5H3/b30-26+. The molecule has 1 heterocycles. The van der Waals surface area contributed by atoms with Crippen LogP contribution < -0.4 is 9.75 Å². The van der Waals surface area contributed by atoms with E-state index in [1.54, 1.807) is 10.1 Å². The quantitative estimate of drug-likeness (QED) is 0.220. The number of nitrogens with zero attached hydrogens (tertiary/aromatic N) is 1. The molecule has 0 aliphatic carbocycles. The molecule has 0 N–H and O–H groups in total. The molecule has 30 heavy (non-hydrogen) atoms. The van der Waals surface area contributed by atoms with E-state index in [0.717, 1.165) is 9.68 Å². The Morgan fingerprint density at radius 2 is 1.27 bits per heavy atom. The highest BCUT2D eigenvalue weighted by atomic mass is 28.3. The lowest BCUT2D eigenvalue weighted by Gasteiger charge is -2.26. The minimum Gasteiger partial charge on any atom is -0.372 e. The highest BCUT2D eigenvalue weighted by molar-refractivity contribution is 7.20. The van der Waals surface area contributed by atoms with E-state index in [2.05, 4.69) is 112 Å². The maximum atomic E-state index is 2.63. The van der Waals surface area contributed by atoms with Gasteiger partial charge in [-0.1, -0.05) is 87.5 Å². The number of hydrogen-bond acceptors (Lipinski definition) is 1. The first-order chi connectivity index (χ1) is 14.4. The van der Waals surface area contributed by atoms with Gasteiger partial charge in [0.2, 0.25) is 9.68 Å². The van der Waals surface area contributed by atoms with Gasteiger partial charge in [-0.15, -0.1) is 0 Å². The fourth-order valence-electron chi connectivity index (χ4n) is 4.71. The van der Waals surface area contributed by atoms with Crippen molar-refractivity contribution in [1.82, 2.24) is 0 Å². The van der Waals surface area contributed by atoms with Gasteiger partial charge in [0.15, 0.2) is 0 Å². The Morgan fingerprint density at radius 3 is 1.80 bits per heavy atom.